The van der Waals surface area contributed by atoms with Gasteiger partial charge in [-0.05, 0) is 25.1 Å². The molecule has 1 aromatic heterocycles. The Labute approximate surface area is 112 Å². The number of nitrogens with one attached hydrogen (secondary N) is 1. The number of fused-ring (bicyclic) bond motifs is 1. The highest BCUT2D eigenvalue weighted by atomic mass is 32.2. The van der Waals surface area contributed by atoms with Gasteiger partial charge in [-0.2, -0.15) is 5.10 Å². The number of hydrogen-bond acceptors (Lipinski definition) is 3. The van der Waals surface area contributed by atoms with Crippen LogP contribution in [0.5, 0.6) is 0 Å². The topological polar surface area (TPSA) is 29.9 Å². The van der Waals surface area contributed by atoms with Crippen LogP contribution in [-0.2, 0) is 13.5 Å². The van der Waals surface area contributed by atoms with Gasteiger partial charge in [-0.1, -0.05) is 18.2 Å². The van der Waals surface area contributed by atoms with E-state index in [2.05, 4.69) is 40.9 Å². The minimum atomic E-state index is 0.358. The van der Waals surface area contributed by atoms with Gasteiger partial charge in [0, 0.05) is 35.0 Å². The highest BCUT2D eigenvalue weighted by Crippen LogP contribution is 2.42. The largest absolute Gasteiger partial charge is 0.312 e. The molecule has 0 saturated carbocycles. The Morgan fingerprint density at radius 3 is 2.94 bits per heavy atom. The Bertz CT molecular complexity index is 524. The molecular weight excluding hydrogens is 242 g/mol. The Balaban J connectivity index is 1.83. The molecule has 3 rings (SSSR count). The maximum atomic E-state index is 4.27. The Hall–Kier alpha value is -1.26. The molecule has 4 heteroatoms. The molecule has 0 saturated heterocycles. The van der Waals surface area contributed by atoms with Crippen LogP contribution in [0.3, 0.4) is 0 Å². The second-order valence-electron chi connectivity index (χ2n) is 4.68. The van der Waals surface area contributed by atoms with E-state index in [1.165, 1.54) is 16.0 Å². The van der Waals surface area contributed by atoms with Crippen molar-refractivity contribution in [3.8, 4) is 0 Å². The maximum absolute atomic E-state index is 4.27. The fourth-order valence-corrected chi connectivity index (χ4v) is 4.04. The van der Waals surface area contributed by atoms with Crippen LogP contribution >= 0.6 is 11.8 Å². The molecule has 0 bridgehead atoms. The molecule has 2 heterocycles. The standard InChI is InChI=1S/C14H17N3S/c1-15-14(11-8-16-17(2)9-11)13-7-10-5-3-4-6-12(10)18-13/h3-6,8-9,13-15H,7H2,1-2H3. The SMILES string of the molecule is CNC(c1cnn(C)c1)C1Cc2ccccc2S1. The van der Waals surface area contributed by atoms with Crippen LogP contribution in [0.2, 0.25) is 0 Å². The van der Waals surface area contributed by atoms with Gasteiger partial charge in [0.25, 0.3) is 0 Å². The molecule has 0 aliphatic carbocycles. The number of nitrogens with zero attached hydrogens (tertiary/aromatic N) is 2. The minimum Gasteiger partial charge on any atom is -0.312 e. The van der Waals surface area contributed by atoms with Crippen LogP contribution in [0.1, 0.15) is 17.2 Å². The molecule has 2 unspecified atom stereocenters. The minimum absolute atomic E-state index is 0.358. The Morgan fingerprint density at radius 2 is 2.28 bits per heavy atom. The number of hydrogen-bond donors (Lipinski definition) is 1. The van der Waals surface area contributed by atoms with E-state index in [0.29, 0.717) is 11.3 Å². The van der Waals surface area contributed by atoms with Crippen LogP contribution in [-0.4, -0.2) is 22.1 Å². The van der Waals surface area contributed by atoms with E-state index in [1.54, 1.807) is 0 Å². The van der Waals surface area contributed by atoms with E-state index < -0.39 is 0 Å². The molecule has 94 valence electrons. The van der Waals surface area contributed by atoms with Crippen molar-refractivity contribution < 1.29 is 0 Å². The third-order valence-corrected chi connectivity index (χ3v) is 4.83. The molecular formula is C14H17N3S. The lowest BCUT2D eigenvalue weighted by Crippen LogP contribution is -2.26. The van der Waals surface area contributed by atoms with Crippen molar-refractivity contribution in [2.75, 3.05) is 7.05 Å². The molecule has 18 heavy (non-hydrogen) atoms. The van der Waals surface area contributed by atoms with Gasteiger partial charge in [-0.25, -0.2) is 0 Å². The van der Waals surface area contributed by atoms with Crippen molar-refractivity contribution in [1.82, 2.24) is 15.1 Å². The summed E-state index contributed by atoms with van der Waals surface area (Å²) < 4.78 is 1.87. The van der Waals surface area contributed by atoms with Crippen LogP contribution < -0.4 is 5.32 Å². The van der Waals surface area contributed by atoms with Crippen molar-refractivity contribution in [3.63, 3.8) is 0 Å². The summed E-state index contributed by atoms with van der Waals surface area (Å²) in [5.74, 6) is 0. The average molecular weight is 259 g/mol. The van der Waals surface area contributed by atoms with Crippen LogP contribution in [0, 0.1) is 0 Å². The first-order valence-electron chi connectivity index (χ1n) is 6.18. The maximum Gasteiger partial charge on any atom is 0.0537 e. The van der Waals surface area contributed by atoms with E-state index in [-0.39, 0.29) is 0 Å². The summed E-state index contributed by atoms with van der Waals surface area (Å²) in [5.41, 5.74) is 2.74. The summed E-state index contributed by atoms with van der Waals surface area (Å²) >= 11 is 1.97. The molecule has 0 radical (unpaired) electrons. The second-order valence-corrected chi connectivity index (χ2v) is 5.96. The highest BCUT2D eigenvalue weighted by molar-refractivity contribution is 8.00. The van der Waals surface area contributed by atoms with Gasteiger partial charge in [0.05, 0.1) is 6.20 Å². The predicted molar refractivity (Wildman–Crippen MR) is 74.8 cm³/mol. The molecule has 1 aromatic carbocycles. The molecule has 1 aliphatic rings. The fraction of sp³-hybridized carbons (Fsp3) is 0.357. The van der Waals surface area contributed by atoms with Crippen molar-refractivity contribution in [1.29, 1.82) is 0 Å². The van der Waals surface area contributed by atoms with Crippen molar-refractivity contribution in [2.45, 2.75) is 22.6 Å². The third kappa shape index (κ3) is 2.06. The number of rotatable bonds is 3. The van der Waals surface area contributed by atoms with Crippen LogP contribution in [0.15, 0.2) is 41.6 Å². The number of benzene rings is 1. The first-order chi connectivity index (χ1) is 8.78. The highest BCUT2D eigenvalue weighted by Gasteiger charge is 2.30. The number of thioether (sulfide) groups is 1. The van der Waals surface area contributed by atoms with Crippen molar-refractivity contribution in [3.05, 3.63) is 47.8 Å². The smallest absolute Gasteiger partial charge is 0.0537 e. The van der Waals surface area contributed by atoms with E-state index in [9.17, 15) is 0 Å². The monoisotopic (exact) mass is 259 g/mol. The molecule has 1 aliphatic heterocycles. The zero-order valence-corrected chi connectivity index (χ0v) is 11.4. The number of aromatic nitrogens is 2. The Kier molecular flexibility index (Phi) is 3.14. The van der Waals surface area contributed by atoms with Crippen molar-refractivity contribution in [2.24, 2.45) is 7.05 Å². The van der Waals surface area contributed by atoms with E-state index in [4.69, 9.17) is 0 Å². The molecule has 0 amide bonds. The lowest BCUT2D eigenvalue weighted by molar-refractivity contribution is 0.568. The second kappa shape index (κ2) is 4.78. The van der Waals surface area contributed by atoms with Gasteiger partial charge in [0.15, 0.2) is 0 Å². The zero-order valence-electron chi connectivity index (χ0n) is 10.6. The normalized spacial score (nSPS) is 19.8. The lowest BCUT2D eigenvalue weighted by Gasteiger charge is -2.20. The van der Waals surface area contributed by atoms with E-state index in [0.717, 1.165) is 6.42 Å². The molecule has 2 aromatic rings. The fourth-order valence-electron chi connectivity index (χ4n) is 2.56. The quantitative estimate of drug-likeness (QED) is 0.918. The zero-order chi connectivity index (χ0) is 12.5. The molecule has 3 nitrogen and oxygen atoms in total. The van der Waals surface area contributed by atoms with Gasteiger partial charge >= 0.3 is 0 Å². The summed E-state index contributed by atoms with van der Waals surface area (Å²) in [6, 6.07) is 9.05. The van der Waals surface area contributed by atoms with Gasteiger partial charge in [0.1, 0.15) is 0 Å². The first kappa shape index (κ1) is 11.8. The molecule has 0 spiro atoms. The summed E-state index contributed by atoms with van der Waals surface area (Å²) in [6.45, 7) is 0. The summed E-state index contributed by atoms with van der Waals surface area (Å²) in [5, 5.41) is 8.26. The van der Waals surface area contributed by atoms with Crippen LogP contribution in [0.4, 0.5) is 0 Å². The van der Waals surface area contributed by atoms with Gasteiger partial charge < -0.3 is 5.32 Å². The third-order valence-electron chi connectivity index (χ3n) is 3.44. The Morgan fingerprint density at radius 1 is 1.44 bits per heavy atom. The summed E-state index contributed by atoms with van der Waals surface area (Å²) in [6.07, 6.45) is 5.19. The first-order valence-corrected chi connectivity index (χ1v) is 7.06. The van der Waals surface area contributed by atoms with Gasteiger partial charge in [-0.15, -0.1) is 11.8 Å². The van der Waals surface area contributed by atoms with E-state index >= 15 is 0 Å². The summed E-state index contributed by atoms with van der Waals surface area (Å²) in [7, 11) is 3.99. The lowest BCUT2D eigenvalue weighted by atomic mass is 10.0. The summed E-state index contributed by atoms with van der Waals surface area (Å²) in [4.78, 5) is 1.42. The predicted octanol–water partition coefficient (Wildman–Crippen LogP) is 2.40. The molecule has 1 N–H and O–H groups in total. The molecule has 0 fully saturated rings. The van der Waals surface area contributed by atoms with E-state index in [1.807, 2.05) is 36.7 Å². The number of aryl methyl sites for hydroxylation is 1. The van der Waals surface area contributed by atoms with Gasteiger partial charge in [0.2, 0.25) is 0 Å². The van der Waals surface area contributed by atoms with Crippen molar-refractivity contribution >= 4 is 11.8 Å². The van der Waals surface area contributed by atoms with Crippen LogP contribution in [0.25, 0.3) is 0 Å². The molecule has 2 atom stereocenters. The average Bonchev–Trinajstić information content (AvgIpc) is 2.96. The van der Waals surface area contributed by atoms with Gasteiger partial charge in [-0.3, -0.25) is 4.68 Å².